The Morgan fingerprint density at radius 1 is 0.762 bits per heavy atom. The number of nitrogens with zero attached hydrogens (tertiary/aromatic N) is 1. The van der Waals surface area contributed by atoms with E-state index >= 15 is 0 Å². The van der Waals surface area contributed by atoms with Crippen molar-refractivity contribution in [2.75, 3.05) is 0 Å². The van der Waals surface area contributed by atoms with E-state index in [0.29, 0.717) is 11.8 Å². The van der Waals surface area contributed by atoms with E-state index in [2.05, 4.69) is 87.0 Å². The van der Waals surface area contributed by atoms with E-state index in [9.17, 15) is 0 Å². The van der Waals surface area contributed by atoms with Crippen LogP contribution in [0.1, 0.15) is 50.7 Å². The fourth-order valence-corrected chi connectivity index (χ4v) is 2.78. The Balaban J connectivity index is 2.11. The van der Waals surface area contributed by atoms with Crippen LogP contribution in [0.25, 0.3) is 16.6 Å². The van der Waals surface area contributed by atoms with Gasteiger partial charge >= 0.3 is 0 Å². The Kier molecular flexibility index (Phi) is 3.59. The number of benzene rings is 2. The van der Waals surface area contributed by atoms with Crippen LogP contribution in [0, 0.1) is 0 Å². The molecule has 1 heterocycles. The molecule has 0 atom stereocenters. The summed E-state index contributed by atoms with van der Waals surface area (Å²) < 4.78 is 2.28. The number of rotatable bonds is 3. The first-order valence-corrected chi connectivity index (χ1v) is 7.77. The number of hydrogen-bond acceptors (Lipinski definition) is 0. The second-order valence-electron chi connectivity index (χ2n) is 6.41. The lowest BCUT2D eigenvalue weighted by molar-refractivity contribution is 0.863. The molecule has 0 aliphatic rings. The molecule has 0 unspecified atom stereocenters. The summed E-state index contributed by atoms with van der Waals surface area (Å²) in [6.45, 7) is 8.96. The highest BCUT2D eigenvalue weighted by Crippen LogP contribution is 2.26. The van der Waals surface area contributed by atoms with Gasteiger partial charge in [-0.25, -0.2) is 0 Å². The second kappa shape index (κ2) is 5.40. The van der Waals surface area contributed by atoms with E-state index in [4.69, 9.17) is 0 Å². The quantitative estimate of drug-likeness (QED) is 0.563. The van der Waals surface area contributed by atoms with Crippen LogP contribution in [-0.4, -0.2) is 4.57 Å². The summed E-state index contributed by atoms with van der Waals surface area (Å²) in [5.74, 6) is 1.13. The van der Waals surface area contributed by atoms with Gasteiger partial charge in [0.2, 0.25) is 0 Å². The largest absolute Gasteiger partial charge is 0.317 e. The van der Waals surface area contributed by atoms with Gasteiger partial charge in [0.1, 0.15) is 0 Å². The molecule has 3 aromatic rings. The van der Waals surface area contributed by atoms with Crippen molar-refractivity contribution in [1.82, 2.24) is 4.57 Å². The van der Waals surface area contributed by atoms with Gasteiger partial charge in [-0.15, -0.1) is 0 Å². The first-order chi connectivity index (χ1) is 10.1. The summed E-state index contributed by atoms with van der Waals surface area (Å²) in [6, 6.07) is 17.8. The maximum Gasteiger partial charge on any atom is 0.0528 e. The predicted octanol–water partition coefficient (Wildman–Crippen LogP) is 5.88. The number of fused-ring (bicyclic) bond motifs is 1. The van der Waals surface area contributed by atoms with Gasteiger partial charge in [0.25, 0.3) is 0 Å². The zero-order valence-electron chi connectivity index (χ0n) is 13.3. The summed E-state index contributed by atoms with van der Waals surface area (Å²) in [4.78, 5) is 0. The minimum atomic E-state index is 0.555. The molecule has 21 heavy (non-hydrogen) atoms. The zero-order chi connectivity index (χ0) is 15.0. The molecule has 0 spiro atoms. The molecule has 0 fully saturated rings. The molecule has 0 N–H and O–H groups in total. The van der Waals surface area contributed by atoms with Gasteiger partial charge in [-0.05, 0) is 53.3 Å². The molecule has 1 aromatic heterocycles. The van der Waals surface area contributed by atoms with E-state index in [0.717, 1.165) is 0 Å². The van der Waals surface area contributed by atoms with Gasteiger partial charge in [-0.1, -0.05) is 45.9 Å². The van der Waals surface area contributed by atoms with Gasteiger partial charge in [-0.2, -0.15) is 0 Å². The van der Waals surface area contributed by atoms with Crippen molar-refractivity contribution in [3.8, 4) is 5.69 Å². The van der Waals surface area contributed by atoms with Crippen LogP contribution >= 0.6 is 0 Å². The minimum absolute atomic E-state index is 0.555. The Morgan fingerprint density at radius 2 is 1.48 bits per heavy atom. The van der Waals surface area contributed by atoms with Gasteiger partial charge in [0.05, 0.1) is 5.52 Å². The third-order valence-corrected chi connectivity index (χ3v) is 4.20. The Labute approximate surface area is 127 Å². The second-order valence-corrected chi connectivity index (χ2v) is 6.41. The van der Waals surface area contributed by atoms with Crippen molar-refractivity contribution in [2.24, 2.45) is 0 Å². The normalized spacial score (nSPS) is 11.7. The fraction of sp³-hybridized carbons (Fsp3) is 0.300. The fourth-order valence-electron chi connectivity index (χ4n) is 2.78. The molecule has 0 amide bonds. The van der Waals surface area contributed by atoms with Crippen molar-refractivity contribution in [3.05, 3.63) is 65.9 Å². The molecule has 0 aliphatic heterocycles. The Morgan fingerprint density at radius 3 is 2.19 bits per heavy atom. The average molecular weight is 277 g/mol. The minimum Gasteiger partial charge on any atom is -0.317 e. The summed E-state index contributed by atoms with van der Waals surface area (Å²) >= 11 is 0. The van der Waals surface area contributed by atoms with E-state index in [1.54, 1.807) is 0 Å². The van der Waals surface area contributed by atoms with Crippen LogP contribution < -0.4 is 0 Å². The van der Waals surface area contributed by atoms with Crippen LogP contribution in [0.15, 0.2) is 54.7 Å². The summed E-state index contributed by atoms with van der Waals surface area (Å²) in [5, 5.41) is 1.32. The van der Waals surface area contributed by atoms with Crippen molar-refractivity contribution >= 4 is 10.9 Å². The van der Waals surface area contributed by atoms with Crippen LogP contribution in [0.3, 0.4) is 0 Å². The number of aromatic nitrogens is 1. The molecular weight excluding hydrogens is 254 g/mol. The average Bonchev–Trinajstić information content (AvgIpc) is 2.90. The van der Waals surface area contributed by atoms with Crippen LogP contribution in [0.5, 0.6) is 0 Å². The van der Waals surface area contributed by atoms with Gasteiger partial charge in [0, 0.05) is 17.3 Å². The van der Waals surface area contributed by atoms with Gasteiger partial charge < -0.3 is 4.57 Å². The predicted molar refractivity (Wildman–Crippen MR) is 91.5 cm³/mol. The van der Waals surface area contributed by atoms with E-state index < -0.39 is 0 Å². The topological polar surface area (TPSA) is 4.93 Å². The van der Waals surface area contributed by atoms with Gasteiger partial charge in [0.15, 0.2) is 0 Å². The van der Waals surface area contributed by atoms with Crippen LogP contribution in [-0.2, 0) is 0 Å². The standard InChI is InChI=1S/C20H23N/c1-14(2)16-6-5-7-19(13-16)21-11-10-18-12-17(15(3)4)8-9-20(18)21/h5-15H,1-4H3. The molecule has 1 nitrogen and oxygen atoms in total. The monoisotopic (exact) mass is 277 g/mol. The lowest BCUT2D eigenvalue weighted by atomic mass is 10.0. The highest BCUT2D eigenvalue weighted by Gasteiger charge is 2.07. The Hall–Kier alpha value is -2.02. The lowest BCUT2D eigenvalue weighted by Crippen LogP contribution is -1.95. The third-order valence-electron chi connectivity index (χ3n) is 4.20. The first kappa shape index (κ1) is 13.9. The van der Waals surface area contributed by atoms with Crippen LogP contribution in [0.2, 0.25) is 0 Å². The van der Waals surface area contributed by atoms with Crippen LogP contribution in [0.4, 0.5) is 0 Å². The molecule has 3 rings (SSSR count). The summed E-state index contributed by atoms with van der Waals surface area (Å²) in [5.41, 5.74) is 5.30. The maximum atomic E-state index is 2.31. The lowest BCUT2D eigenvalue weighted by Gasteiger charge is -2.11. The molecule has 108 valence electrons. The van der Waals surface area contributed by atoms with Crippen molar-refractivity contribution in [1.29, 1.82) is 0 Å². The van der Waals surface area contributed by atoms with Gasteiger partial charge in [-0.3, -0.25) is 0 Å². The molecule has 2 aromatic carbocycles. The smallest absolute Gasteiger partial charge is 0.0528 e. The van der Waals surface area contributed by atoms with Crippen molar-refractivity contribution in [2.45, 2.75) is 39.5 Å². The Bertz CT molecular complexity index is 762. The summed E-state index contributed by atoms with van der Waals surface area (Å²) in [6.07, 6.45) is 2.17. The highest BCUT2D eigenvalue weighted by molar-refractivity contribution is 5.82. The molecule has 0 radical (unpaired) electrons. The highest BCUT2D eigenvalue weighted by atomic mass is 15.0. The zero-order valence-corrected chi connectivity index (χ0v) is 13.3. The molecule has 0 aliphatic carbocycles. The molecule has 0 bridgehead atoms. The van der Waals surface area contributed by atoms with E-state index in [1.807, 2.05) is 0 Å². The van der Waals surface area contributed by atoms with E-state index in [1.165, 1.54) is 27.7 Å². The molecule has 0 saturated carbocycles. The molecule has 1 heteroatoms. The third kappa shape index (κ3) is 2.61. The summed E-state index contributed by atoms with van der Waals surface area (Å²) in [7, 11) is 0. The molecule has 0 saturated heterocycles. The maximum absolute atomic E-state index is 2.31. The first-order valence-electron chi connectivity index (χ1n) is 7.77. The van der Waals surface area contributed by atoms with Crippen molar-refractivity contribution in [3.63, 3.8) is 0 Å². The number of hydrogen-bond donors (Lipinski definition) is 0. The SMILES string of the molecule is CC(C)c1cccc(-n2ccc3cc(C(C)C)ccc32)c1. The van der Waals surface area contributed by atoms with Crippen molar-refractivity contribution < 1.29 is 0 Å². The van der Waals surface area contributed by atoms with E-state index in [-0.39, 0.29) is 0 Å². The molecular formula is C20H23N.